The van der Waals surface area contributed by atoms with Gasteiger partial charge in [0.25, 0.3) is 0 Å². The van der Waals surface area contributed by atoms with Crippen LogP contribution in [0.4, 0.5) is 4.79 Å². The van der Waals surface area contributed by atoms with Gasteiger partial charge in [-0.25, -0.2) is 19.2 Å². The topological polar surface area (TPSA) is 283 Å². The smallest absolute Gasteiger partial charge is 0.408 e. The molecule has 2 aromatic rings. The van der Waals surface area contributed by atoms with Gasteiger partial charge >= 0.3 is 35.9 Å². The quantitative estimate of drug-likeness (QED) is 0.110. The van der Waals surface area contributed by atoms with Gasteiger partial charge < -0.3 is 59.5 Å². The van der Waals surface area contributed by atoms with Gasteiger partial charge in [0.05, 0.1) is 36.0 Å². The molecule has 2 bridgehead atoms. The number of aliphatic hydroxyl groups is 3. The van der Waals surface area contributed by atoms with Crippen LogP contribution in [0.25, 0.3) is 0 Å². The molecular formula is C48H60N2O17. The van der Waals surface area contributed by atoms with Gasteiger partial charge in [-0.15, -0.1) is 0 Å². The second-order valence-corrected chi connectivity index (χ2v) is 19.2. The number of alkyl carbamates (subject to hydrolysis) is 1. The van der Waals surface area contributed by atoms with Gasteiger partial charge in [-0.2, -0.15) is 0 Å². The maximum absolute atomic E-state index is 15.2. The Bertz CT molecular complexity index is 2280. The number of hydrogen-bond acceptors (Lipinski definition) is 18. The summed E-state index contributed by atoms with van der Waals surface area (Å²) in [5, 5.41) is 40.6. The number of ether oxygens (including phenoxy) is 7. The summed E-state index contributed by atoms with van der Waals surface area (Å²) in [5.41, 5.74) is -3.48. The Labute approximate surface area is 387 Å². The SMILES string of the molecule is CC(=O)O[C@@]12CO[C@@H]1C[C@H](O)[C@@]1(C)C(=O)[C@H](O)C3=C(C)[C@@H](OC(=O)[C@H](OC(=O)COC(=O)CCN)[C@@H](NC(=O)OC(C)(C)C)c4ccccc4)C[C@@](O)([C@@H](OC(=O)c4ccccc4)[C@H]21)C3(C)C. The number of esters is 5. The fourth-order valence-corrected chi connectivity index (χ4v) is 10.2. The summed E-state index contributed by atoms with van der Waals surface area (Å²) in [4.78, 5) is 96.3. The Kier molecular flexibility index (Phi) is 14.5. The lowest BCUT2D eigenvalue weighted by molar-refractivity contribution is -0.346. The minimum atomic E-state index is -2.47. The maximum Gasteiger partial charge on any atom is 0.408 e. The molecule has 0 spiro atoms. The Morgan fingerprint density at radius 3 is 2.13 bits per heavy atom. The standard InChI is InChI=1S/C48H60N2O17/c1-25-29(63-42(58)37(64-33(54)23-61-32(53)19-20-49)35(27-15-11-9-12-16-27)50-43(59)67-44(3,4)5)22-48(60)40(65-41(57)28-17-13-10-14-18-28)38-46(8,39(56)36(55)34(25)45(48,6)7)30(52)21-31-47(38,24-62-31)66-26(2)51/h9-18,29-31,35-38,40,52,55,60H,19-24,49H2,1-8H3,(H,50,59)/t29-,30-,31+,35-,36+,37+,38-,40-,46+,47-,48+/m0/s1. The van der Waals surface area contributed by atoms with Gasteiger partial charge in [0, 0.05) is 31.7 Å². The number of hydrogen-bond donors (Lipinski definition) is 5. The number of carbonyl (C=O) groups excluding carboxylic acids is 7. The number of amides is 1. The van der Waals surface area contributed by atoms with Gasteiger partial charge in [-0.1, -0.05) is 62.4 Å². The summed E-state index contributed by atoms with van der Waals surface area (Å²) < 4.78 is 40.6. The molecule has 67 heavy (non-hydrogen) atoms. The first-order valence-electron chi connectivity index (χ1n) is 22.0. The molecule has 3 fully saturated rings. The molecule has 11 atom stereocenters. The summed E-state index contributed by atoms with van der Waals surface area (Å²) >= 11 is 0. The molecule has 1 aliphatic heterocycles. The zero-order chi connectivity index (χ0) is 49.4. The van der Waals surface area contributed by atoms with E-state index in [1.807, 2.05) is 0 Å². The molecule has 0 unspecified atom stereocenters. The lowest BCUT2D eigenvalue weighted by Gasteiger charge is -2.67. The Balaban J connectivity index is 1.51. The zero-order valence-corrected chi connectivity index (χ0v) is 38.8. The molecule has 6 N–H and O–H groups in total. The van der Waals surface area contributed by atoms with Crippen molar-refractivity contribution in [2.45, 2.75) is 134 Å². The Morgan fingerprint density at radius 1 is 0.940 bits per heavy atom. The van der Waals surface area contributed by atoms with Crippen LogP contribution in [0.5, 0.6) is 0 Å². The Morgan fingerprint density at radius 2 is 1.57 bits per heavy atom. The summed E-state index contributed by atoms with van der Waals surface area (Å²) in [6.07, 6.45) is -12.4. The minimum absolute atomic E-state index is 0.0341. The molecule has 6 rings (SSSR count). The number of fused-ring (bicyclic) bond motifs is 5. The van der Waals surface area contributed by atoms with E-state index in [9.17, 15) is 44.1 Å². The van der Waals surface area contributed by atoms with Crippen molar-refractivity contribution in [2.75, 3.05) is 19.8 Å². The second-order valence-electron chi connectivity index (χ2n) is 19.2. The van der Waals surface area contributed by atoms with Crippen LogP contribution in [-0.2, 0) is 57.1 Å². The highest BCUT2D eigenvalue weighted by Gasteiger charge is 2.78. The fourth-order valence-electron chi connectivity index (χ4n) is 10.2. The van der Waals surface area contributed by atoms with E-state index in [4.69, 9.17) is 38.9 Å². The number of ketones is 1. The van der Waals surface area contributed by atoms with Crippen molar-refractivity contribution in [1.82, 2.24) is 5.32 Å². The van der Waals surface area contributed by atoms with Crippen LogP contribution in [-0.4, -0.2) is 130 Å². The van der Waals surface area contributed by atoms with Crippen LogP contribution >= 0.6 is 0 Å². The first-order valence-corrected chi connectivity index (χ1v) is 22.0. The predicted molar refractivity (Wildman–Crippen MR) is 232 cm³/mol. The van der Waals surface area contributed by atoms with Gasteiger partial charge in [0.15, 0.2) is 18.0 Å². The van der Waals surface area contributed by atoms with E-state index in [0.717, 1.165) is 6.92 Å². The third-order valence-electron chi connectivity index (χ3n) is 13.5. The van der Waals surface area contributed by atoms with Crippen molar-refractivity contribution in [3.8, 4) is 0 Å². The van der Waals surface area contributed by atoms with E-state index in [-0.39, 0.29) is 48.3 Å². The van der Waals surface area contributed by atoms with Gasteiger partial charge in [0.1, 0.15) is 41.7 Å². The molecule has 2 saturated carbocycles. The number of rotatable bonds is 13. The van der Waals surface area contributed by atoms with E-state index in [1.54, 1.807) is 57.2 Å². The van der Waals surface area contributed by atoms with Crippen LogP contribution in [0.3, 0.4) is 0 Å². The van der Waals surface area contributed by atoms with Crippen molar-refractivity contribution in [2.24, 2.45) is 22.5 Å². The summed E-state index contributed by atoms with van der Waals surface area (Å²) in [5.74, 6) is -7.75. The molecule has 1 heterocycles. The monoisotopic (exact) mass is 936 g/mol. The van der Waals surface area contributed by atoms with E-state index in [1.165, 1.54) is 52.0 Å². The van der Waals surface area contributed by atoms with Crippen LogP contribution < -0.4 is 11.1 Å². The summed E-state index contributed by atoms with van der Waals surface area (Å²) in [7, 11) is 0. The molecule has 3 aliphatic carbocycles. The molecule has 364 valence electrons. The van der Waals surface area contributed by atoms with E-state index in [0.29, 0.717) is 0 Å². The first kappa shape index (κ1) is 50.7. The molecule has 1 amide bonds. The van der Waals surface area contributed by atoms with Crippen molar-refractivity contribution in [1.29, 1.82) is 0 Å². The van der Waals surface area contributed by atoms with Crippen LogP contribution in [0.2, 0.25) is 0 Å². The van der Waals surface area contributed by atoms with Crippen molar-refractivity contribution in [3.63, 3.8) is 0 Å². The number of Topliss-reactive ketones (excluding diaryl/α,β-unsaturated/α-hetero) is 1. The second kappa shape index (κ2) is 19.1. The number of carbonyl (C=O) groups is 7. The normalized spacial score (nSPS) is 30.5. The van der Waals surface area contributed by atoms with E-state index >= 15 is 4.79 Å². The minimum Gasteiger partial charge on any atom is -0.455 e. The molecule has 4 aliphatic rings. The zero-order valence-electron chi connectivity index (χ0n) is 38.8. The molecule has 1 saturated heterocycles. The molecule has 19 heteroatoms. The molecule has 0 aromatic heterocycles. The molecule has 19 nitrogen and oxygen atoms in total. The van der Waals surface area contributed by atoms with Gasteiger partial charge in [-0.3, -0.25) is 14.4 Å². The van der Waals surface area contributed by atoms with E-state index in [2.05, 4.69) is 5.32 Å². The van der Waals surface area contributed by atoms with Crippen LogP contribution in [0.15, 0.2) is 71.8 Å². The highest BCUT2D eigenvalue weighted by Crippen LogP contribution is 2.64. The highest BCUT2D eigenvalue weighted by molar-refractivity contribution is 5.94. The predicted octanol–water partition coefficient (Wildman–Crippen LogP) is 2.70. The van der Waals surface area contributed by atoms with Gasteiger partial charge in [0.2, 0.25) is 6.10 Å². The largest absolute Gasteiger partial charge is 0.455 e. The molecule has 2 aromatic carbocycles. The fraction of sp³-hybridized carbons (Fsp3) is 0.562. The first-order chi connectivity index (χ1) is 31.3. The number of nitrogens with one attached hydrogen (secondary N) is 1. The van der Waals surface area contributed by atoms with Crippen molar-refractivity contribution >= 4 is 41.7 Å². The Hall–Kier alpha value is -5.73. The molecule has 0 radical (unpaired) electrons. The number of benzene rings is 2. The third-order valence-corrected chi connectivity index (χ3v) is 13.5. The lowest BCUT2D eigenvalue weighted by atomic mass is 9.44. The maximum atomic E-state index is 15.2. The third kappa shape index (κ3) is 9.56. The average molecular weight is 937 g/mol. The molecular weight excluding hydrogens is 877 g/mol. The van der Waals surface area contributed by atoms with Crippen LogP contribution in [0, 0.1) is 16.7 Å². The average Bonchev–Trinajstić information content (AvgIpc) is 3.25. The summed E-state index contributed by atoms with van der Waals surface area (Å²) in [6, 6.07) is 14.1. The number of aliphatic hydroxyl groups excluding tert-OH is 2. The van der Waals surface area contributed by atoms with Crippen molar-refractivity contribution < 1.29 is 82.0 Å². The summed E-state index contributed by atoms with van der Waals surface area (Å²) in [6.45, 7) is 10.4. The highest BCUT2D eigenvalue weighted by atomic mass is 16.6. The van der Waals surface area contributed by atoms with Gasteiger partial charge in [-0.05, 0) is 63.5 Å². The van der Waals surface area contributed by atoms with E-state index < -0.39 is 131 Å². The van der Waals surface area contributed by atoms with Crippen LogP contribution in [0.1, 0.15) is 96.6 Å². The van der Waals surface area contributed by atoms with Crippen molar-refractivity contribution in [3.05, 3.63) is 82.9 Å². The lowest BCUT2D eigenvalue weighted by Crippen LogP contribution is -2.81. The number of nitrogens with two attached hydrogens (primary N) is 1.